The molecule has 1 saturated heterocycles. The molecule has 57 heavy (non-hydrogen) atoms. The Morgan fingerprint density at radius 3 is 1.96 bits per heavy atom. The van der Waals surface area contributed by atoms with Gasteiger partial charge in [-0.1, -0.05) is 77.9 Å². The van der Waals surface area contributed by atoms with E-state index >= 15 is 0 Å². The summed E-state index contributed by atoms with van der Waals surface area (Å²) in [5.74, 6) is -5.90. The third-order valence-corrected chi connectivity index (χ3v) is 13.3. The van der Waals surface area contributed by atoms with E-state index in [-0.39, 0.29) is 18.6 Å². The molecule has 1 heterocycles. The number of carbonyl (C=O) groups excluding carboxylic acids is 7. The summed E-state index contributed by atoms with van der Waals surface area (Å²) in [6, 6.07) is 6.99. The van der Waals surface area contributed by atoms with Crippen LogP contribution in [0.2, 0.25) is 0 Å². The van der Waals surface area contributed by atoms with E-state index < -0.39 is 106 Å². The first-order valence-electron chi connectivity index (χ1n) is 18.3. The molecule has 0 radical (unpaired) electrons. The van der Waals surface area contributed by atoms with Gasteiger partial charge in [0.05, 0.1) is 19.2 Å². The first-order chi connectivity index (χ1) is 26.6. The Hall–Kier alpha value is -4.85. The molecule has 1 aliphatic heterocycles. The fourth-order valence-corrected chi connectivity index (χ4v) is 8.55. The van der Waals surface area contributed by atoms with Gasteiger partial charge in [0.2, 0.25) is 41.4 Å². The predicted molar refractivity (Wildman–Crippen MR) is 217 cm³/mol. The van der Waals surface area contributed by atoms with Gasteiger partial charge in [-0.2, -0.15) is 0 Å². The molecule has 3 rings (SSSR count). The van der Waals surface area contributed by atoms with E-state index in [9.17, 15) is 43.8 Å². The summed E-state index contributed by atoms with van der Waals surface area (Å²) in [5.41, 5.74) is 12.8. The van der Waals surface area contributed by atoms with E-state index in [1.807, 2.05) is 0 Å². The highest BCUT2D eigenvalue weighted by molar-refractivity contribution is 8.77. The number of hydrogen-bond acceptors (Lipinski definition) is 12. The summed E-state index contributed by atoms with van der Waals surface area (Å²) in [7, 11) is 2.23. The van der Waals surface area contributed by atoms with Crippen LogP contribution < -0.4 is 43.4 Å². The van der Waals surface area contributed by atoms with E-state index in [0.29, 0.717) is 11.1 Å². The van der Waals surface area contributed by atoms with Gasteiger partial charge in [0.25, 0.3) is 0 Å². The van der Waals surface area contributed by atoms with Gasteiger partial charge in [0.15, 0.2) is 0 Å². The zero-order valence-corrected chi connectivity index (χ0v) is 34.4. The van der Waals surface area contributed by atoms with Crippen molar-refractivity contribution in [1.29, 1.82) is 0 Å². The number of aliphatic hydroxyl groups excluding tert-OH is 1. The maximum Gasteiger partial charge on any atom is 0.245 e. The second-order valence-electron chi connectivity index (χ2n) is 15.1. The van der Waals surface area contributed by atoms with Crippen LogP contribution in [0, 0.1) is 5.92 Å². The number of rotatable bonds is 13. The van der Waals surface area contributed by atoms with Gasteiger partial charge >= 0.3 is 0 Å². The molecule has 12 N–H and O–H groups in total. The van der Waals surface area contributed by atoms with Crippen LogP contribution >= 0.6 is 21.6 Å². The molecule has 2 aromatic rings. The quantitative estimate of drug-likeness (QED) is 0.110. The number of phenolic OH excluding ortho intramolecular Hbond substituents is 1. The van der Waals surface area contributed by atoms with E-state index in [0.717, 1.165) is 21.6 Å². The Labute approximate surface area is 339 Å². The average molecular weight is 831 g/mol. The topological polar surface area (TPSA) is 284 Å². The highest BCUT2D eigenvalue weighted by atomic mass is 33.1. The highest BCUT2D eigenvalue weighted by Gasteiger charge is 2.46. The largest absolute Gasteiger partial charge is 0.508 e. The van der Waals surface area contributed by atoms with Crippen LogP contribution in [0.25, 0.3) is 0 Å². The molecule has 0 spiro atoms. The molecule has 7 amide bonds. The minimum Gasteiger partial charge on any atom is -0.508 e. The van der Waals surface area contributed by atoms with Gasteiger partial charge < -0.3 is 53.6 Å². The molecular formula is C38H54N8O9S2. The number of aromatic hydroxyl groups is 1. The number of phenols is 1. The van der Waals surface area contributed by atoms with Crippen LogP contribution in [0.3, 0.4) is 0 Å². The van der Waals surface area contributed by atoms with Crippen molar-refractivity contribution in [3.05, 3.63) is 65.7 Å². The maximum absolute atomic E-state index is 14.3. The lowest BCUT2D eigenvalue weighted by Crippen LogP contribution is -2.65. The Morgan fingerprint density at radius 1 is 0.807 bits per heavy atom. The molecule has 2 aromatic carbocycles. The summed E-state index contributed by atoms with van der Waals surface area (Å²) in [5, 5.41) is 35.7. The van der Waals surface area contributed by atoms with Gasteiger partial charge in [-0.3, -0.25) is 33.6 Å². The molecule has 0 bridgehead atoms. The number of carbonyl (C=O) groups is 7. The molecule has 312 valence electrons. The number of nitrogens with two attached hydrogens (primary N) is 2. The molecular weight excluding hydrogens is 777 g/mol. The summed E-state index contributed by atoms with van der Waals surface area (Å²) >= 11 is 0. The van der Waals surface area contributed by atoms with Crippen LogP contribution in [0.1, 0.15) is 52.7 Å². The molecule has 1 aliphatic rings. The molecule has 0 aliphatic carbocycles. The first-order valence-corrected chi connectivity index (χ1v) is 20.4. The number of benzene rings is 2. The normalized spacial score (nSPS) is 22.4. The third-order valence-electron chi connectivity index (χ3n) is 9.10. The second kappa shape index (κ2) is 20.5. The van der Waals surface area contributed by atoms with Crippen LogP contribution in [0.4, 0.5) is 0 Å². The van der Waals surface area contributed by atoms with Crippen molar-refractivity contribution < 1.29 is 43.8 Å². The summed E-state index contributed by atoms with van der Waals surface area (Å²) in [4.78, 5) is 94.1. The van der Waals surface area contributed by atoms with Crippen molar-refractivity contribution in [3.63, 3.8) is 0 Å². The number of hydrogen-bond donors (Lipinski definition) is 10. The SMILES string of the molecule is CC(C)[C@H](NC(=O)[C@H]1NC(=O)[C@H](CO)NC(=O)[C@H](Cc2ccccc2)NC(=O)[C@H](NC(=O)[C@@H](N)Cc2ccc(O)cc2)C(C)(C)SSC1(C)C)C(=O)NCC(N)=O. The van der Waals surface area contributed by atoms with Crippen molar-refractivity contribution in [2.75, 3.05) is 13.2 Å². The standard InChI is InChI=1S/C38H54N8O9S2/c1-20(2)28(34(53)41-18-27(40)49)44-36(55)30-38(5,6)57-56-37(3,4)29(45-31(50)24(39)16-22-12-14-23(48)15-13-22)35(54)42-25(17-21-10-8-7-9-11-21)32(51)43-26(19-47)33(52)46-30/h7-15,20,24-26,28-30,47-48H,16-19,39H2,1-6H3,(H2,40,49)(H,41,53)(H,42,54)(H,43,51)(H,44,55)(H,45,50)(H,46,52)/t24-,25-,26-,28-,29-,30+/m0/s1. The highest BCUT2D eigenvalue weighted by Crippen LogP contribution is 2.46. The number of primary amides is 1. The lowest BCUT2D eigenvalue weighted by atomic mass is 9.98. The first kappa shape index (κ1) is 46.5. The van der Waals surface area contributed by atoms with E-state index in [4.69, 9.17) is 11.5 Å². The van der Waals surface area contributed by atoms with Gasteiger partial charge in [0.1, 0.15) is 36.0 Å². The number of nitrogens with one attached hydrogen (secondary N) is 6. The minimum atomic E-state index is -1.58. The van der Waals surface area contributed by atoms with Gasteiger partial charge in [-0.15, -0.1) is 0 Å². The van der Waals surface area contributed by atoms with Gasteiger partial charge in [-0.05, 0) is 63.3 Å². The van der Waals surface area contributed by atoms with Crippen molar-refractivity contribution in [1.82, 2.24) is 31.9 Å². The third kappa shape index (κ3) is 13.6. The Kier molecular flexibility index (Phi) is 16.8. The summed E-state index contributed by atoms with van der Waals surface area (Å²) < 4.78 is -2.43. The lowest BCUT2D eigenvalue weighted by molar-refractivity contribution is -0.136. The molecule has 1 fully saturated rings. The smallest absolute Gasteiger partial charge is 0.245 e. The van der Waals surface area contributed by atoms with Crippen molar-refractivity contribution in [3.8, 4) is 5.75 Å². The number of amides is 7. The zero-order valence-electron chi connectivity index (χ0n) is 32.8. The summed E-state index contributed by atoms with van der Waals surface area (Å²) in [6.45, 7) is 8.62. The Morgan fingerprint density at radius 2 is 1.39 bits per heavy atom. The predicted octanol–water partition coefficient (Wildman–Crippen LogP) is -0.869. The fraction of sp³-hybridized carbons (Fsp3) is 0.500. The minimum absolute atomic E-state index is 0.0337. The van der Waals surface area contributed by atoms with Gasteiger partial charge in [0, 0.05) is 15.9 Å². The van der Waals surface area contributed by atoms with Crippen molar-refractivity contribution in [2.45, 2.75) is 100 Å². The van der Waals surface area contributed by atoms with Crippen molar-refractivity contribution in [2.24, 2.45) is 17.4 Å². The molecule has 19 heteroatoms. The molecule has 6 atom stereocenters. The maximum atomic E-state index is 14.3. The monoisotopic (exact) mass is 830 g/mol. The molecule has 0 aromatic heterocycles. The Balaban J connectivity index is 2.06. The Bertz CT molecular complexity index is 1760. The zero-order chi connectivity index (χ0) is 42.7. The van der Waals surface area contributed by atoms with E-state index in [1.54, 1.807) is 84.0 Å². The molecule has 0 saturated carbocycles. The van der Waals surface area contributed by atoms with Crippen LogP contribution in [0.5, 0.6) is 5.75 Å². The van der Waals surface area contributed by atoms with Crippen LogP contribution in [-0.2, 0) is 46.4 Å². The van der Waals surface area contributed by atoms with Gasteiger partial charge in [-0.25, -0.2) is 0 Å². The second-order valence-corrected chi connectivity index (χ2v) is 18.6. The number of aliphatic hydroxyl groups is 1. The van der Waals surface area contributed by atoms with E-state index in [2.05, 4.69) is 31.9 Å². The van der Waals surface area contributed by atoms with Crippen LogP contribution in [0.15, 0.2) is 54.6 Å². The molecule has 0 unspecified atom stereocenters. The fourth-order valence-electron chi connectivity index (χ4n) is 5.73. The van der Waals surface area contributed by atoms with Crippen LogP contribution in [-0.4, -0.2) is 110 Å². The average Bonchev–Trinajstić information content (AvgIpc) is 3.15. The lowest BCUT2D eigenvalue weighted by Gasteiger charge is -2.40. The van der Waals surface area contributed by atoms with E-state index in [1.165, 1.54) is 12.1 Å². The van der Waals surface area contributed by atoms with Crippen molar-refractivity contribution >= 4 is 62.9 Å². The molecule has 17 nitrogen and oxygen atoms in total. The summed E-state index contributed by atoms with van der Waals surface area (Å²) in [6.07, 6.45) is 0.0415.